The van der Waals surface area contributed by atoms with E-state index in [2.05, 4.69) is 35.1 Å². The van der Waals surface area contributed by atoms with Crippen LogP contribution in [0.3, 0.4) is 0 Å². The van der Waals surface area contributed by atoms with Gasteiger partial charge in [-0.3, -0.25) is 24.0 Å². The topological polar surface area (TPSA) is 180 Å². The smallest absolute Gasteiger partial charge is 0.329 e. The predicted octanol–water partition coefficient (Wildman–Crippen LogP) is 14.4. The molecule has 0 saturated heterocycles. The second-order valence-electron chi connectivity index (χ2n) is 21.0. The summed E-state index contributed by atoms with van der Waals surface area (Å²) >= 11 is 0. The first-order valence-electron chi connectivity index (χ1n) is 30.2. The lowest BCUT2D eigenvalue weighted by Crippen LogP contribution is -2.51. The number of hydrogen-bond acceptors (Lipinski definition) is 7. The number of carboxylic acid groups (broad SMARTS) is 1. The van der Waals surface area contributed by atoms with E-state index < -0.39 is 42.3 Å². The predicted molar refractivity (Wildman–Crippen MR) is 299 cm³/mol. The maximum atomic E-state index is 13.7. The Morgan fingerprint density at radius 3 is 1.19 bits per heavy atom. The zero-order chi connectivity index (χ0) is 53.1. The monoisotopic (exact) mass is 1020 g/mol. The van der Waals surface area contributed by atoms with Crippen LogP contribution in [0, 0.1) is 0 Å². The van der Waals surface area contributed by atoms with Gasteiger partial charge in [-0.2, -0.15) is 0 Å². The number of aliphatic carboxylic acids is 1. The number of ether oxygens (including phenoxy) is 1. The molecule has 0 aromatic heterocycles. The van der Waals surface area contributed by atoms with Crippen LogP contribution in [-0.4, -0.2) is 65.8 Å². The van der Waals surface area contributed by atoms with Crippen molar-refractivity contribution in [1.29, 1.82) is 0 Å². The van der Waals surface area contributed by atoms with Gasteiger partial charge in [0.15, 0.2) is 0 Å². The molecule has 0 radical (unpaired) electrons. The van der Waals surface area contributed by atoms with Crippen molar-refractivity contribution in [3.63, 3.8) is 0 Å². The number of esters is 1. The third-order valence-electron chi connectivity index (χ3n) is 14.0. The first kappa shape index (κ1) is 67.1. The number of rotatable bonds is 53. The van der Waals surface area contributed by atoms with Crippen LogP contribution < -0.4 is 21.3 Å². The summed E-state index contributed by atoms with van der Waals surface area (Å²) in [7, 11) is 0. The average molecular weight is 1030 g/mol. The Labute approximate surface area is 445 Å². The molecule has 0 aliphatic heterocycles. The summed E-state index contributed by atoms with van der Waals surface area (Å²) in [5.74, 6) is -3.26. The van der Waals surface area contributed by atoms with Crippen LogP contribution in [0.5, 0.6) is 0 Å². The Morgan fingerprint density at radius 2 is 0.767 bits per heavy atom. The molecule has 0 heterocycles. The lowest BCUT2D eigenvalue weighted by molar-refractivity contribution is -0.150. The van der Waals surface area contributed by atoms with Gasteiger partial charge in [0, 0.05) is 25.9 Å². The largest absolute Gasteiger partial charge is 0.481 e. The van der Waals surface area contributed by atoms with Gasteiger partial charge in [0.25, 0.3) is 0 Å². The lowest BCUT2D eigenvalue weighted by atomic mass is 10.0. The van der Waals surface area contributed by atoms with Crippen LogP contribution in [0.4, 0.5) is 0 Å². The van der Waals surface area contributed by atoms with E-state index in [1.54, 1.807) is 0 Å². The Balaban J connectivity index is 2.71. The molecule has 0 fully saturated rings. The second kappa shape index (κ2) is 50.2. The third-order valence-corrected chi connectivity index (χ3v) is 14.0. The molecule has 0 unspecified atom stereocenters. The fourth-order valence-corrected chi connectivity index (χ4v) is 9.37. The molecule has 0 bridgehead atoms. The quantitative estimate of drug-likeness (QED) is 0.0316. The minimum absolute atomic E-state index is 0.0280. The highest BCUT2D eigenvalue weighted by Gasteiger charge is 2.29. The van der Waals surface area contributed by atoms with E-state index in [1.807, 2.05) is 30.3 Å². The van der Waals surface area contributed by atoms with Gasteiger partial charge >= 0.3 is 11.9 Å². The molecule has 5 N–H and O–H groups in total. The van der Waals surface area contributed by atoms with E-state index in [-0.39, 0.29) is 37.7 Å². The number of benzene rings is 1. The van der Waals surface area contributed by atoms with Crippen molar-refractivity contribution in [2.45, 2.75) is 302 Å². The van der Waals surface area contributed by atoms with Crippen LogP contribution >= 0.6 is 0 Å². The molecule has 0 aliphatic carbocycles. The van der Waals surface area contributed by atoms with Gasteiger partial charge in [-0.25, -0.2) is 4.79 Å². The first-order chi connectivity index (χ1) is 35.7. The Kier molecular flexibility index (Phi) is 46.1. The van der Waals surface area contributed by atoms with E-state index in [1.165, 1.54) is 141 Å². The normalized spacial score (nSPS) is 12.0. The highest BCUT2D eigenvalue weighted by atomic mass is 16.5. The van der Waals surface area contributed by atoms with Crippen molar-refractivity contribution in [2.75, 3.05) is 13.1 Å². The van der Waals surface area contributed by atoms with E-state index >= 15 is 0 Å². The molecule has 12 nitrogen and oxygen atoms in total. The van der Waals surface area contributed by atoms with Gasteiger partial charge in [0.1, 0.15) is 18.7 Å². The van der Waals surface area contributed by atoms with E-state index in [0.717, 1.165) is 102 Å². The van der Waals surface area contributed by atoms with Gasteiger partial charge in [-0.1, -0.05) is 262 Å². The van der Waals surface area contributed by atoms with Crippen molar-refractivity contribution in [3.05, 3.63) is 35.9 Å². The molecule has 1 rings (SSSR count). The number of nitrogens with one attached hydrogen (secondary N) is 4. The maximum Gasteiger partial charge on any atom is 0.329 e. The Bertz CT molecular complexity index is 1510. The van der Waals surface area contributed by atoms with Crippen LogP contribution in [0.1, 0.15) is 289 Å². The third kappa shape index (κ3) is 44.1. The van der Waals surface area contributed by atoms with Crippen molar-refractivity contribution < 1.29 is 38.6 Å². The standard InChI is InChI=1S/C61H108N4O8/c1-3-5-7-9-11-13-15-17-19-23-27-31-35-42-48-62-57(67)50-54(60(71)63-49-43-36-32-28-24-20-18-16-14-12-10-8-6-4-2)64-58(68)51-55(61(72)73-52-53-44-38-37-39-45-53)65-56(66)46-40-33-29-25-21-22-26-30-34-41-47-59(69)70/h37-39,44-45,54-55H,3-36,40-43,46-52H2,1-2H3,(H,62,67)(H,63,71)(H,64,68)(H,65,66)(H,69,70)/t54-,55-/m0/s1. The molecular formula is C61H108N4O8. The number of unbranched alkanes of at least 4 members (excludes halogenated alkanes) is 35. The molecule has 420 valence electrons. The van der Waals surface area contributed by atoms with Gasteiger partial charge < -0.3 is 31.1 Å². The van der Waals surface area contributed by atoms with Crippen molar-refractivity contribution >= 4 is 35.6 Å². The van der Waals surface area contributed by atoms with Gasteiger partial charge in [-0.15, -0.1) is 0 Å². The maximum absolute atomic E-state index is 13.7. The van der Waals surface area contributed by atoms with E-state index in [9.17, 15) is 28.8 Å². The SMILES string of the molecule is CCCCCCCCCCCCCCCCNC(=O)C[C@H](NC(=O)C[C@H](NC(=O)CCCCCCCCCCCCC(=O)O)C(=O)OCc1ccccc1)C(=O)NCCCCCCCCCCCCCCCC. The molecule has 0 spiro atoms. The van der Waals surface area contributed by atoms with Crippen molar-refractivity contribution in [1.82, 2.24) is 21.3 Å². The summed E-state index contributed by atoms with van der Waals surface area (Å²) in [6, 6.07) is 6.75. The summed E-state index contributed by atoms with van der Waals surface area (Å²) in [4.78, 5) is 78.0. The molecule has 12 heteroatoms. The van der Waals surface area contributed by atoms with Gasteiger partial charge in [-0.05, 0) is 31.2 Å². The molecule has 0 saturated carbocycles. The molecule has 0 aliphatic rings. The van der Waals surface area contributed by atoms with E-state index in [0.29, 0.717) is 19.5 Å². The summed E-state index contributed by atoms with van der Waals surface area (Å²) < 4.78 is 5.58. The van der Waals surface area contributed by atoms with Crippen LogP contribution in [0.15, 0.2) is 30.3 Å². The molecule has 2 atom stereocenters. The molecule has 73 heavy (non-hydrogen) atoms. The minimum atomic E-state index is -1.28. The number of carbonyl (C=O) groups is 6. The van der Waals surface area contributed by atoms with Crippen molar-refractivity contribution in [3.8, 4) is 0 Å². The number of carbonyl (C=O) groups excluding carboxylic acids is 5. The summed E-state index contributed by atoms with van der Waals surface area (Å²) in [5, 5.41) is 20.2. The summed E-state index contributed by atoms with van der Waals surface area (Å²) in [6.45, 7) is 5.42. The van der Waals surface area contributed by atoms with Crippen LogP contribution in [0.25, 0.3) is 0 Å². The lowest BCUT2D eigenvalue weighted by Gasteiger charge is -2.21. The average Bonchev–Trinajstić information content (AvgIpc) is 3.37. The second-order valence-corrected chi connectivity index (χ2v) is 21.0. The summed E-state index contributed by atoms with van der Waals surface area (Å²) in [5.41, 5.74) is 0.763. The van der Waals surface area contributed by atoms with Crippen molar-refractivity contribution in [2.24, 2.45) is 0 Å². The van der Waals surface area contributed by atoms with Crippen LogP contribution in [-0.2, 0) is 40.1 Å². The Hall–Kier alpha value is -3.96. The zero-order valence-corrected chi connectivity index (χ0v) is 46.7. The van der Waals surface area contributed by atoms with Crippen LogP contribution in [0.2, 0.25) is 0 Å². The van der Waals surface area contributed by atoms with Gasteiger partial charge in [0.05, 0.1) is 12.8 Å². The number of hydrogen-bond donors (Lipinski definition) is 5. The Morgan fingerprint density at radius 1 is 0.411 bits per heavy atom. The highest BCUT2D eigenvalue weighted by Crippen LogP contribution is 2.16. The highest BCUT2D eigenvalue weighted by molar-refractivity contribution is 5.94. The summed E-state index contributed by atoms with van der Waals surface area (Å²) in [6.07, 6.45) is 44.0. The number of carboxylic acids is 1. The van der Waals surface area contributed by atoms with E-state index in [4.69, 9.17) is 9.84 Å². The fraction of sp³-hybridized carbons (Fsp3) is 0.803. The van der Waals surface area contributed by atoms with Gasteiger partial charge in [0.2, 0.25) is 23.6 Å². The first-order valence-corrected chi connectivity index (χ1v) is 30.2. The molecule has 1 aromatic rings. The fourth-order valence-electron chi connectivity index (χ4n) is 9.37. The zero-order valence-electron chi connectivity index (χ0n) is 46.7. The minimum Gasteiger partial charge on any atom is -0.481 e. The molecule has 1 aromatic carbocycles. The number of amides is 4. The molecular weight excluding hydrogens is 917 g/mol. The molecule has 4 amide bonds.